The van der Waals surface area contributed by atoms with Crippen LogP contribution in [-0.4, -0.2) is 114 Å². The molecule has 11 N–H and O–H groups in total. The molecule has 0 amide bonds. The number of nitrogen functional groups attached to an aromatic ring is 3. The second kappa shape index (κ2) is 12.0. The monoisotopic (exact) mass is 691 g/mol. The van der Waals surface area contributed by atoms with Crippen molar-refractivity contribution in [3.63, 3.8) is 0 Å². The van der Waals surface area contributed by atoms with Gasteiger partial charge < -0.3 is 56.3 Å². The molecule has 46 heavy (non-hydrogen) atoms. The highest BCUT2D eigenvalue weighted by molar-refractivity contribution is 7.47. The van der Waals surface area contributed by atoms with E-state index in [0.29, 0.717) is 0 Å². The van der Waals surface area contributed by atoms with Crippen LogP contribution in [0.1, 0.15) is 12.5 Å². The number of phosphoric acid groups is 2. The lowest BCUT2D eigenvalue weighted by atomic mass is 10.1. The molecule has 4 aromatic heterocycles. The minimum Gasteiger partial charge on any atom is -0.387 e. The van der Waals surface area contributed by atoms with E-state index < -0.39 is 71.5 Å². The summed E-state index contributed by atoms with van der Waals surface area (Å²) in [5, 5.41) is 21.3. The molecular weight excluding hydrogens is 664 g/mol. The van der Waals surface area contributed by atoms with E-state index in [1.807, 2.05) is 0 Å². The number of aliphatic hydroxyl groups is 2. The molecule has 0 spiro atoms. The molecule has 2 fully saturated rings. The number of hydrogen-bond donors (Lipinski definition) is 8. The van der Waals surface area contributed by atoms with Gasteiger partial charge in [-0.05, 0) is 0 Å². The number of imidazole rings is 2. The van der Waals surface area contributed by atoms with E-state index in [0.717, 1.165) is 6.33 Å². The normalized spacial score (nSPS) is 30.0. The van der Waals surface area contributed by atoms with Crippen LogP contribution in [-0.2, 0) is 36.9 Å². The molecule has 6 heterocycles. The third kappa shape index (κ3) is 6.02. The standard InChI is InChI=1S/C20H27N11O13P2/c1-39-11-12(19(44-45(34,35)36)42-18(11)30-4-26-7-13(21)24-3-25-15(7)30)43-46(37,38)40-2-6-9(32)10(33)17(41-6)31-5-27-8-14(22)28-20(23)29-16(8)31/h3-6,9-12,17-19,32-33H,2H2,1H3,(H,37,38)(H2,21,24,25)(H2,34,35,36)(H4,22,23,28,29)/t6-,9+,10?,11?,12-,17-,18-,19-/m1/s1. The maximum Gasteiger partial charge on any atom is 0.472 e. The van der Waals surface area contributed by atoms with Gasteiger partial charge in [-0.15, -0.1) is 0 Å². The Balaban J connectivity index is 1.20. The second-order valence-corrected chi connectivity index (χ2v) is 12.5. The van der Waals surface area contributed by atoms with E-state index in [9.17, 15) is 34.0 Å². The van der Waals surface area contributed by atoms with Gasteiger partial charge in [-0.1, -0.05) is 0 Å². The Hall–Kier alpha value is -3.48. The average molecular weight is 691 g/mol. The molecule has 26 heteroatoms. The van der Waals surface area contributed by atoms with Gasteiger partial charge in [0.15, 0.2) is 41.5 Å². The molecule has 6 rings (SSSR count). The number of phosphoric ester groups is 2. The number of anilines is 3. The van der Waals surface area contributed by atoms with Gasteiger partial charge in [-0.2, -0.15) is 9.97 Å². The van der Waals surface area contributed by atoms with Crippen LogP contribution in [0.4, 0.5) is 17.6 Å². The lowest BCUT2D eigenvalue weighted by Crippen LogP contribution is -2.37. The van der Waals surface area contributed by atoms with Gasteiger partial charge in [0.2, 0.25) is 12.2 Å². The topological polar surface area (TPSA) is 356 Å². The summed E-state index contributed by atoms with van der Waals surface area (Å²) < 4.78 is 59.1. The number of nitrogens with two attached hydrogens (primary N) is 3. The first kappa shape index (κ1) is 32.5. The second-order valence-electron chi connectivity index (χ2n) is 9.95. The third-order valence-corrected chi connectivity index (χ3v) is 8.52. The number of nitrogens with zero attached hydrogens (tertiary/aromatic N) is 8. The molecule has 0 radical (unpaired) electrons. The number of fused-ring (bicyclic) bond motifs is 2. The first-order valence-corrected chi connectivity index (χ1v) is 16.0. The minimum atomic E-state index is -5.27. The van der Waals surface area contributed by atoms with Crippen molar-refractivity contribution in [3.8, 4) is 0 Å². The molecule has 2 aliphatic heterocycles. The Kier molecular flexibility index (Phi) is 8.43. The summed E-state index contributed by atoms with van der Waals surface area (Å²) in [6.45, 7) is -0.824. The quantitative estimate of drug-likeness (QED) is 0.0797. The van der Waals surface area contributed by atoms with Crippen molar-refractivity contribution in [3.05, 3.63) is 19.0 Å². The molecule has 4 aromatic rings. The van der Waals surface area contributed by atoms with Gasteiger partial charge in [0, 0.05) is 7.11 Å². The Bertz CT molecular complexity index is 1850. The Morgan fingerprint density at radius 2 is 1.52 bits per heavy atom. The predicted octanol–water partition coefficient (Wildman–Crippen LogP) is -2.49. The highest BCUT2D eigenvalue weighted by atomic mass is 31.2. The summed E-state index contributed by atoms with van der Waals surface area (Å²) in [5.41, 5.74) is 17.8. The maximum atomic E-state index is 13.1. The summed E-state index contributed by atoms with van der Waals surface area (Å²) >= 11 is 0. The highest BCUT2D eigenvalue weighted by Gasteiger charge is 2.53. The van der Waals surface area contributed by atoms with E-state index in [1.54, 1.807) is 0 Å². The Morgan fingerprint density at radius 1 is 0.848 bits per heavy atom. The van der Waals surface area contributed by atoms with Crippen LogP contribution in [0.3, 0.4) is 0 Å². The van der Waals surface area contributed by atoms with Crippen molar-refractivity contribution in [2.24, 2.45) is 0 Å². The molecule has 0 saturated carbocycles. The van der Waals surface area contributed by atoms with Crippen LogP contribution in [0.25, 0.3) is 22.3 Å². The zero-order valence-electron chi connectivity index (χ0n) is 23.3. The van der Waals surface area contributed by atoms with E-state index in [2.05, 4.69) is 29.9 Å². The third-order valence-electron chi connectivity index (χ3n) is 7.06. The van der Waals surface area contributed by atoms with Crippen LogP contribution in [0.5, 0.6) is 0 Å². The predicted molar refractivity (Wildman–Crippen MR) is 148 cm³/mol. The van der Waals surface area contributed by atoms with Crippen molar-refractivity contribution >= 4 is 55.6 Å². The lowest BCUT2D eigenvalue weighted by molar-refractivity contribution is -0.133. The fourth-order valence-corrected chi connectivity index (χ4v) is 6.42. The molecular formula is C20H27N11O13P2. The number of rotatable bonds is 10. The zero-order valence-corrected chi connectivity index (χ0v) is 25.1. The molecule has 0 aromatic carbocycles. The van der Waals surface area contributed by atoms with E-state index >= 15 is 0 Å². The van der Waals surface area contributed by atoms with Crippen LogP contribution < -0.4 is 17.2 Å². The van der Waals surface area contributed by atoms with Gasteiger partial charge in [0.1, 0.15) is 41.8 Å². The number of aromatic nitrogens is 8. The SMILES string of the molecule is COC1[C@@H](OP(=O)(O)OC[C@H]2O[C@@H](n3cnc4c(N)nc(N)nc43)C(O)[C@H]2O)[C@@H](OP(=O)(O)O)O[C@H]1n1cnc2c(N)ncnc21. The fourth-order valence-electron chi connectivity index (χ4n) is 5.06. The number of ether oxygens (including phenoxy) is 3. The summed E-state index contributed by atoms with van der Waals surface area (Å²) in [5.74, 6) is -0.212. The Morgan fingerprint density at radius 3 is 2.20 bits per heavy atom. The molecule has 2 aliphatic rings. The van der Waals surface area contributed by atoms with Crippen LogP contribution in [0.2, 0.25) is 0 Å². The minimum absolute atomic E-state index is 0.0197. The van der Waals surface area contributed by atoms with Gasteiger partial charge >= 0.3 is 15.6 Å². The summed E-state index contributed by atoms with van der Waals surface area (Å²) in [6.07, 6.45) is -8.93. The van der Waals surface area contributed by atoms with Crippen molar-refractivity contribution in [2.45, 2.75) is 49.3 Å². The molecule has 250 valence electrons. The van der Waals surface area contributed by atoms with E-state index in [-0.39, 0.29) is 39.9 Å². The van der Waals surface area contributed by atoms with Crippen molar-refractivity contribution in [2.75, 3.05) is 30.9 Å². The van der Waals surface area contributed by atoms with Crippen molar-refractivity contribution in [1.29, 1.82) is 0 Å². The fraction of sp³-hybridized carbons (Fsp3) is 0.500. The van der Waals surface area contributed by atoms with Crippen molar-refractivity contribution in [1.82, 2.24) is 39.0 Å². The van der Waals surface area contributed by atoms with E-state index in [1.165, 1.54) is 28.9 Å². The summed E-state index contributed by atoms with van der Waals surface area (Å²) in [4.78, 5) is 53.5. The number of hydrogen-bond acceptors (Lipinski definition) is 19. The van der Waals surface area contributed by atoms with Gasteiger partial charge in [-0.25, -0.2) is 29.1 Å². The molecule has 3 unspecified atom stereocenters. The number of methoxy groups -OCH3 is 1. The molecule has 0 bridgehead atoms. The van der Waals surface area contributed by atoms with E-state index in [4.69, 9.17) is 45.0 Å². The summed E-state index contributed by atoms with van der Waals surface area (Å²) in [7, 11) is -9.30. The molecule has 9 atom stereocenters. The van der Waals surface area contributed by atoms with Gasteiger partial charge in [-0.3, -0.25) is 22.7 Å². The smallest absolute Gasteiger partial charge is 0.387 e. The first-order chi connectivity index (χ1) is 21.7. The van der Waals surface area contributed by atoms with Gasteiger partial charge in [0.05, 0.1) is 19.3 Å². The molecule has 24 nitrogen and oxygen atoms in total. The average Bonchev–Trinajstić information content (AvgIpc) is 3.72. The maximum absolute atomic E-state index is 13.1. The highest BCUT2D eigenvalue weighted by Crippen LogP contribution is 2.52. The van der Waals surface area contributed by atoms with Crippen LogP contribution in [0, 0.1) is 0 Å². The Labute approximate surface area is 255 Å². The lowest BCUT2D eigenvalue weighted by Gasteiger charge is -2.25. The summed E-state index contributed by atoms with van der Waals surface area (Å²) in [6, 6.07) is 0. The van der Waals surface area contributed by atoms with Gasteiger partial charge in [0.25, 0.3) is 0 Å². The van der Waals surface area contributed by atoms with Crippen LogP contribution >= 0.6 is 15.6 Å². The molecule has 2 saturated heterocycles. The zero-order chi connectivity index (χ0) is 33.1. The van der Waals surface area contributed by atoms with Crippen molar-refractivity contribution < 1.29 is 61.8 Å². The van der Waals surface area contributed by atoms with Crippen LogP contribution in [0.15, 0.2) is 19.0 Å². The molecule has 0 aliphatic carbocycles. The largest absolute Gasteiger partial charge is 0.472 e. The first-order valence-electron chi connectivity index (χ1n) is 13.0. The number of aliphatic hydroxyl groups excluding tert-OH is 2.